The number of nitrogens with zero attached hydrogens (tertiary/aromatic N) is 1. The third kappa shape index (κ3) is 3.82. The van der Waals surface area contributed by atoms with Gasteiger partial charge in [0.15, 0.2) is 5.82 Å². The van der Waals surface area contributed by atoms with Crippen LogP contribution in [-0.4, -0.2) is 11.1 Å². The van der Waals surface area contributed by atoms with Gasteiger partial charge in [0.05, 0.1) is 0 Å². The first-order valence-corrected chi connectivity index (χ1v) is 8.16. The molecule has 0 fully saturated rings. The number of rotatable bonds is 4. The summed E-state index contributed by atoms with van der Waals surface area (Å²) in [7, 11) is 0. The summed E-state index contributed by atoms with van der Waals surface area (Å²) in [5, 5.41) is 9.12. The lowest BCUT2D eigenvalue weighted by Crippen LogP contribution is -2.13. The molecule has 0 bridgehead atoms. The van der Waals surface area contributed by atoms with Gasteiger partial charge in [0.2, 0.25) is 5.91 Å². The topological polar surface area (TPSA) is 55.1 Å². The van der Waals surface area contributed by atoms with Crippen LogP contribution in [0.3, 0.4) is 0 Å². The van der Waals surface area contributed by atoms with Gasteiger partial charge < -0.3 is 9.84 Å². The lowest BCUT2D eigenvalue weighted by Gasteiger charge is -2.12. The summed E-state index contributed by atoms with van der Waals surface area (Å²) in [4.78, 5) is 12.1. The maximum absolute atomic E-state index is 12.1. The summed E-state index contributed by atoms with van der Waals surface area (Å²) in [5.41, 5.74) is 1.03. The molecular weight excluding hydrogens is 300 g/mol. The molecule has 1 aromatic heterocycles. The van der Waals surface area contributed by atoms with Crippen molar-refractivity contribution in [2.45, 2.75) is 39.0 Å². The fourth-order valence-electron chi connectivity index (χ4n) is 2.55. The van der Waals surface area contributed by atoms with Crippen LogP contribution in [-0.2, 0) is 16.6 Å². The van der Waals surface area contributed by atoms with Crippen LogP contribution in [0.4, 0.5) is 5.82 Å². The molecule has 4 heteroatoms. The zero-order valence-corrected chi connectivity index (χ0v) is 14.3. The molecule has 0 saturated carbocycles. The zero-order valence-electron chi connectivity index (χ0n) is 14.3. The molecule has 0 unspecified atom stereocenters. The molecule has 0 radical (unpaired) electrons. The maximum atomic E-state index is 12.1. The van der Waals surface area contributed by atoms with Crippen LogP contribution in [0.5, 0.6) is 0 Å². The van der Waals surface area contributed by atoms with Gasteiger partial charge in [0.25, 0.3) is 0 Å². The average Bonchev–Trinajstić information content (AvgIpc) is 3.01. The molecule has 0 atom stereocenters. The first-order chi connectivity index (χ1) is 11.4. The lowest BCUT2D eigenvalue weighted by molar-refractivity contribution is -0.116. The number of carbonyl (C=O) groups is 1. The molecule has 1 N–H and O–H groups in total. The van der Waals surface area contributed by atoms with Crippen molar-refractivity contribution in [1.29, 1.82) is 0 Å². The molecule has 0 aliphatic heterocycles. The van der Waals surface area contributed by atoms with Gasteiger partial charge in [-0.05, 0) is 22.8 Å². The summed E-state index contributed by atoms with van der Waals surface area (Å²) < 4.78 is 5.28. The lowest BCUT2D eigenvalue weighted by atomic mass is 9.93. The Morgan fingerprint density at radius 3 is 2.54 bits per heavy atom. The minimum atomic E-state index is -0.124. The van der Waals surface area contributed by atoms with Gasteiger partial charge >= 0.3 is 0 Å². The molecule has 2 aromatic carbocycles. The van der Waals surface area contributed by atoms with E-state index in [1.54, 1.807) is 6.07 Å². The van der Waals surface area contributed by atoms with Crippen molar-refractivity contribution in [3.8, 4) is 0 Å². The molecule has 4 nitrogen and oxygen atoms in total. The van der Waals surface area contributed by atoms with Crippen molar-refractivity contribution in [3.05, 3.63) is 59.9 Å². The van der Waals surface area contributed by atoms with Crippen molar-refractivity contribution in [2.75, 3.05) is 5.32 Å². The molecule has 124 valence electrons. The van der Waals surface area contributed by atoms with Gasteiger partial charge in [0.1, 0.15) is 5.76 Å². The normalized spacial score (nSPS) is 11.6. The highest BCUT2D eigenvalue weighted by atomic mass is 16.5. The van der Waals surface area contributed by atoms with E-state index >= 15 is 0 Å². The van der Waals surface area contributed by atoms with E-state index in [0.29, 0.717) is 18.7 Å². The largest absolute Gasteiger partial charge is 0.359 e. The summed E-state index contributed by atoms with van der Waals surface area (Å²) >= 11 is 0. The molecule has 0 saturated heterocycles. The molecule has 3 aromatic rings. The van der Waals surface area contributed by atoms with E-state index in [2.05, 4.69) is 40.8 Å². The quantitative estimate of drug-likeness (QED) is 0.757. The highest BCUT2D eigenvalue weighted by Crippen LogP contribution is 2.24. The predicted molar refractivity (Wildman–Crippen MR) is 96.1 cm³/mol. The zero-order chi connectivity index (χ0) is 17.2. The number of benzene rings is 2. The van der Waals surface area contributed by atoms with Gasteiger partial charge in [-0.25, -0.2) is 0 Å². The third-order valence-electron chi connectivity index (χ3n) is 3.97. The first kappa shape index (κ1) is 16.2. The Bertz CT molecular complexity index is 859. The molecule has 1 amide bonds. The Morgan fingerprint density at radius 1 is 1.08 bits per heavy atom. The number of nitrogens with one attached hydrogen (secondary N) is 1. The van der Waals surface area contributed by atoms with E-state index in [4.69, 9.17) is 4.52 Å². The van der Waals surface area contributed by atoms with Gasteiger partial charge in [-0.15, -0.1) is 0 Å². The fourth-order valence-corrected chi connectivity index (χ4v) is 2.55. The third-order valence-corrected chi connectivity index (χ3v) is 3.97. The Labute approximate surface area is 141 Å². The maximum Gasteiger partial charge on any atom is 0.225 e. The molecule has 24 heavy (non-hydrogen) atoms. The second-order valence-corrected chi connectivity index (χ2v) is 7.06. The minimum absolute atomic E-state index is 0.0584. The highest BCUT2D eigenvalue weighted by molar-refractivity contribution is 5.90. The van der Waals surface area contributed by atoms with Crippen molar-refractivity contribution >= 4 is 22.5 Å². The Kier molecular flexibility index (Phi) is 4.38. The number of hydrogen-bond donors (Lipinski definition) is 1. The van der Waals surface area contributed by atoms with E-state index in [-0.39, 0.29) is 11.3 Å². The molecule has 3 rings (SSSR count). The molecule has 0 aliphatic carbocycles. The second kappa shape index (κ2) is 6.48. The van der Waals surface area contributed by atoms with E-state index in [1.807, 2.05) is 32.9 Å². The number of hydrogen-bond acceptors (Lipinski definition) is 3. The highest BCUT2D eigenvalue weighted by Gasteiger charge is 2.20. The number of carbonyl (C=O) groups excluding carboxylic acids is 1. The van der Waals surface area contributed by atoms with E-state index < -0.39 is 0 Å². The Balaban J connectivity index is 1.59. The van der Waals surface area contributed by atoms with Crippen LogP contribution in [0.15, 0.2) is 53.1 Å². The van der Waals surface area contributed by atoms with Gasteiger partial charge in [-0.2, -0.15) is 0 Å². The van der Waals surface area contributed by atoms with Crippen LogP contribution < -0.4 is 5.32 Å². The number of fused-ring (bicyclic) bond motifs is 1. The number of amides is 1. The van der Waals surface area contributed by atoms with Gasteiger partial charge in [-0.3, -0.25) is 4.79 Å². The first-order valence-electron chi connectivity index (χ1n) is 8.16. The standard InChI is InChI=1S/C20H22N2O2/c1-20(2,3)17-13-18(22-24-17)21-19(23)11-9-14-8-10-15-6-4-5-7-16(15)12-14/h4-8,10,12-13H,9,11H2,1-3H3,(H,21,22,23). The smallest absolute Gasteiger partial charge is 0.225 e. The Morgan fingerprint density at radius 2 is 1.83 bits per heavy atom. The summed E-state index contributed by atoms with van der Waals surface area (Å²) in [6.07, 6.45) is 1.11. The van der Waals surface area contributed by atoms with Crippen molar-refractivity contribution in [1.82, 2.24) is 5.16 Å². The number of anilines is 1. The molecule has 1 heterocycles. The summed E-state index contributed by atoms with van der Waals surface area (Å²) in [6.45, 7) is 6.12. The van der Waals surface area contributed by atoms with Crippen molar-refractivity contribution < 1.29 is 9.32 Å². The van der Waals surface area contributed by atoms with Crippen LogP contribution in [0.25, 0.3) is 10.8 Å². The summed E-state index contributed by atoms with van der Waals surface area (Å²) in [6, 6.07) is 16.3. The summed E-state index contributed by atoms with van der Waals surface area (Å²) in [5.74, 6) is 1.17. The van der Waals surface area contributed by atoms with Crippen molar-refractivity contribution in [3.63, 3.8) is 0 Å². The SMILES string of the molecule is CC(C)(C)c1cc(NC(=O)CCc2ccc3ccccc3c2)no1. The molecule has 0 aliphatic rings. The van der Waals surface area contributed by atoms with E-state index in [9.17, 15) is 4.79 Å². The van der Waals surface area contributed by atoms with Crippen LogP contribution >= 0.6 is 0 Å². The van der Waals surface area contributed by atoms with E-state index in [0.717, 1.165) is 11.3 Å². The van der Waals surface area contributed by atoms with Crippen LogP contribution in [0.2, 0.25) is 0 Å². The monoisotopic (exact) mass is 322 g/mol. The average molecular weight is 322 g/mol. The van der Waals surface area contributed by atoms with E-state index in [1.165, 1.54) is 10.8 Å². The molecular formula is C20H22N2O2. The van der Waals surface area contributed by atoms with Gasteiger partial charge in [0, 0.05) is 17.9 Å². The fraction of sp³-hybridized carbons (Fsp3) is 0.300. The minimum Gasteiger partial charge on any atom is -0.359 e. The second-order valence-electron chi connectivity index (χ2n) is 7.06. The van der Waals surface area contributed by atoms with Crippen LogP contribution in [0.1, 0.15) is 38.5 Å². The van der Waals surface area contributed by atoms with Crippen molar-refractivity contribution in [2.24, 2.45) is 0 Å². The Hall–Kier alpha value is -2.62. The van der Waals surface area contributed by atoms with Gasteiger partial charge in [-0.1, -0.05) is 68.4 Å². The molecule has 0 spiro atoms. The van der Waals surface area contributed by atoms with Crippen LogP contribution in [0, 0.1) is 0 Å². The predicted octanol–water partition coefficient (Wildman–Crippen LogP) is 4.70. The number of aryl methyl sites for hydroxylation is 1. The number of aromatic nitrogens is 1.